The summed E-state index contributed by atoms with van der Waals surface area (Å²) in [4.78, 5) is 8.76. The van der Waals surface area contributed by atoms with Gasteiger partial charge in [-0.25, -0.2) is 17.4 Å². The standard InChI is InChI=1S/C16H11BrN4O3S/c1-10-18-15(20-24-10)14-8-7-12-13(17)9-21(16(12)19-14)25(22,23)11-5-3-2-4-6-11/h2-9H,1H3. The first-order chi connectivity index (χ1) is 12.0. The first-order valence-electron chi connectivity index (χ1n) is 7.26. The highest BCUT2D eigenvalue weighted by atomic mass is 79.9. The molecule has 1 aromatic carbocycles. The fourth-order valence-electron chi connectivity index (χ4n) is 2.45. The van der Waals surface area contributed by atoms with Crippen molar-refractivity contribution >= 4 is 37.0 Å². The monoisotopic (exact) mass is 418 g/mol. The van der Waals surface area contributed by atoms with Gasteiger partial charge in [-0.15, -0.1) is 0 Å². The molecule has 7 nitrogen and oxygen atoms in total. The van der Waals surface area contributed by atoms with E-state index in [1.807, 2.05) is 0 Å². The Balaban J connectivity index is 1.96. The van der Waals surface area contributed by atoms with Gasteiger partial charge in [-0.05, 0) is 40.2 Å². The molecule has 0 aliphatic heterocycles. The first kappa shape index (κ1) is 16.0. The topological polar surface area (TPSA) is 90.9 Å². The molecule has 0 N–H and O–H groups in total. The minimum Gasteiger partial charge on any atom is -0.339 e. The van der Waals surface area contributed by atoms with Crippen molar-refractivity contribution in [3.8, 4) is 11.5 Å². The predicted molar refractivity (Wildman–Crippen MR) is 94.5 cm³/mol. The third-order valence-corrected chi connectivity index (χ3v) is 5.92. The molecule has 25 heavy (non-hydrogen) atoms. The van der Waals surface area contributed by atoms with Gasteiger partial charge in [0, 0.05) is 23.0 Å². The van der Waals surface area contributed by atoms with Crippen molar-refractivity contribution in [1.82, 2.24) is 19.1 Å². The lowest BCUT2D eigenvalue weighted by molar-refractivity contribution is 0.394. The van der Waals surface area contributed by atoms with Gasteiger partial charge in [0.2, 0.25) is 11.7 Å². The van der Waals surface area contributed by atoms with E-state index in [0.29, 0.717) is 27.3 Å². The van der Waals surface area contributed by atoms with Crippen LogP contribution in [0, 0.1) is 6.92 Å². The fraction of sp³-hybridized carbons (Fsp3) is 0.0625. The van der Waals surface area contributed by atoms with Crippen molar-refractivity contribution in [1.29, 1.82) is 0 Å². The second-order valence-electron chi connectivity index (χ2n) is 5.30. The number of halogens is 1. The van der Waals surface area contributed by atoms with E-state index in [0.717, 1.165) is 3.97 Å². The second-order valence-corrected chi connectivity index (χ2v) is 7.96. The van der Waals surface area contributed by atoms with Gasteiger partial charge in [-0.3, -0.25) is 0 Å². The Hall–Kier alpha value is -2.52. The summed E-state index contributed by atoms with van der Waals surface area (Å²) in [6.07, 6.45) is 1.49. The summed E-state index contributed by atoms with van der Waals surface area (Å²) in [6.45, 7) is 1.67. The van der Waals surface area contributed by atoms with Crippen LogP contribution in [0.4, 0.5) is 0 Å². The van der Waals surface area contributed by atoms with Crippen molar-refractivity contribution in [3.63, 3.8) is 0 Å². The molecule has 3 heterocycles. The maximum Gasteiger partial charge on any atom is 0.269 e. The summed E-state index contributed by atoms with van der Waals surface area (Å²) in [5, 5.41) is 4.50. The highest BCUT2D eigenvalue weighted by Gasteiger charge is 2.22. The fourth-order valence-corrected chi connectivity index (χ4v) is 4.44. The number of aromatic nitrogens is 4. The van der Waals surface area contributed by atoms with Gasteiger partial charge in [0.05, 0.1) is 4.90 Å². The normalized spacial score (nSPS) is 11.9. The molecule has 4 rings (SSSR count). The lowest BCUT2D eigenvalue weighted by Crippen LogP contribution is -2.12. The van der Waals surface area contributed by atoms with Gasteiger partial charge in [0.25, 0.3) is 10.0 Å². The van der Waals surface area contributed by atoms with Gasteiger partial charge >= 0.3 is 0 Å². The van der Waals surface area contributed by atoms with Gasteiger partial charge in [-0.2, -0.15) is 4.98 Å². The van der Waals surface area contributed by atoms with E-state index < -0.39 is 10.0 Å². The number of nitrogens with zero attached hydrogens (tertiary/aromatic N) is 4. The number of pyridine rings is 1. The van der Waals surface area contributed by atoms with Crippen molar-refractivity contribution < 1.29 is 12.9 Å². The number of fused-ring (bicyclic) bond motifs is 1. The van der Waals surface area contributed by atoms with E-state index in [1.165, 1.54) is 6.20 Å². The molecule has 126 valence electrons. The van der Waals surface area contributed by atoms with Crippen molar-refractivity contribution in [2.24, 2.45) is 0 Å². The van der Waals surface area contributed by atoms with Gasteiger partial charge in [0.1, 0.15) is 5.69 Å². The molecule has 0 spiro atoms. The Morgan fingerprint density at radius 3 is 2.52 bits per heavy atom. The van der Waals surface area contributed by atoms with E-state index in [4.69, 9.17) is 4.52 Å². The van der Waals surface area contributed by atoms with Crippen molar-refractivity contribution in [2.45, 2.75) is 11.8 Å². The second kappa shape index (κ2) is 5.78. The van der Waals surface area contributed by atoms with Crippen molar-refractivity contribution in [2.75, 3.05) is 0 Å². The van der Waals surface area contributed by atoms with Crippen LogP contribution in [0.3, 0.4) is 0 Å². The zero-order valence-corrected chi connectivity index (χ0v) is 15.3. The highest BCUT2D eigenvalue weighted by Crippen LogP contribution is 2.30. The number of benzene rings is 1. The van der Waals surface area contributed by atoms with Gasteiger partial charge < -0.3 is 4.52 Å². The maximum atomic E-state index is 13.0. The minimum absolute atomic E-state index is 0.182. The quantitative estimate of drug-likeness (QED) is 0.506. The minimum atomic E-state index is -3.78. The summed E-state index contributed by atoms with van der Waals surface area (Å²) in [7, 11) is -3.78. The molecular weight excluding hydrogens is 408 g/mol. The molecule has 0 bridgehead atoms. The smallest absolute Gasteiger partial charge is 0.269 e. The average Bonchev–Trinajstić information content (AvgIpc) is 3.19. The Kier molecular flexibility index (Phi) is 3.69. The lowest BCUT2D eigenvalue weighted by atomic mass is 10.3. The maximum absolute atomic E-state index is 13.0. The number of rotatable bonds is 3. The van der Waals surface area contributed by atoms with Crippen LogP contribution in [-0.2, 0) is 10.0 Å². The highest BCUT2D eigenvalue weighted by molar-refractivity contribution is 9.10. The van der Waals surface area contributed by atoms with Crippen LogP contribution in [0.15, 0.2) is 62.6 Å². The molecule has 0 radical (unpaired) electrons. The first-order valence-corrected chi connectivity index (χ1v) is 9.49. The average molecular weight is 419 g/mol. The molecule has 0 unspecified atom stereocenters. The number of aryl methyl sites for hydroxylation is 1. The van der Waals surface area contributed by atoms with Crippen LogP contribution >= 0.6 is 15.9 Å². The largest absolute Gasteiger partial charge is 0.339 e. The Bertz CT molecular complexity index is 1180. The van der Waals surface area contributed by atoms with E-state index in [-0.39, 0.29) is 10.5 Å². The molecule has 3 aromatic heterocycles. The Labute approximate surface area is 151 Å². The molecule has 0 atom stereocenters. The molecule has 0 aliphatic rings. The van der Waals surface area contributed by atoms with E-state index in [9.17, 15) is 8.42 Å². The van der Waals surface area contributed by atoms with Crippen LogP contribution in [-0.4, -0.2) is 27.5 Å². The third-order valence-electron chi connectivity index (χ3n) is 3.63. The predicted octanol–water partition coefficient (Wildman–Crippen LogP) is 3.39. The zero-order chi connectivity index (χ0) is 17.6. The van der Waals surface area contributed by atoms with Crippen LogP contribution in [0.5, 0.6) is 0 Å². The molecular formula is C16H11BrN4O3S. The molecule has 0 aliphatic carbocycles. The van der Waals surface area contributed by atoms with E-state index >= 15 is 0 Å². The molecule has 9 heteroatoms. The van der Waals surface area contributed by atoms with Gasteiger partial charge in [0.15, 0.2) is 5.65 Å². The summed E-state index contributed by atoms with van der Waals surface area (Å²) >= 11 is 3.39. The third kappa shape index (κ3) is 2.65. The summed E-state index contributed by atoms with van der Waals surface area (Å²) in [6, 6.07) is 11.7. The van der Waals surface area contributed by atoms with Crippen LogP contribution < -0.4 is 0 Å². The molecule has 0 saturated heterocycles. The summed E-state index contributed by atoms with van der Waals surface area (Å²) in [5.41, 5.74) is 0.718. The van der Waals surface area contributed by atoms with E-state index in [2.05, 4.69) is 31.1 Å². The SMILES string of the molecule is Cc1nc(-c2ccc3c(Br)cn(S(=O)(=O)c4ccccc4)c3n2)no1. The number of hydrogen-bond acceptors (Lipinski definition) is 6. The Morgan fingerprint density at radius 2 is 1.84 bits per heavy atom. The van der Waals surface area contributed by atoms with E-state index in [1.54, 1.807) is 49.4 Å². The van der Waals surface area contributed by atoms with Crippen LogP contribution in [0.25, 0.3) is 22.6 Å². The van der Waals surface area contributed by atoms with Crippen molar-refractivity contribution in [3.05, 3.63) is 59.0 Å². The zero-order valence-electron chi connectivity index (χ0n) is 12.9. The molecule has 0 fully saturated rings. The van der Waals surface area contributed by atoms with Crippen LogP contribution in [0.1, 0.15) is 5.89 Å². The summed E-state index contributed by atoms with van der Waals surface area (Å²) in [5.74, 6) is 0.714. The Morgan fingerprint density at radius 1 is 1.08 bits per heavy atom. The molecule has 0 saturated carbocycles. The summed E-state index contributed by atoms with van der Waals surface area (Å²) < 4.78 is 32.7. The lowest BCUT2D eigenvalue weighted by Gasteiger charge is -2.07. The van der Waals surface area contributed by atoms with Crippen LogP contribution in [0.2, 0.25) is 0 Å². The molecule has 0 amide bonds. The number of hydrogen-bond donors (Lipinski definition) is 0. The molecule has 4 aromatic rings. The van der Waals surface area contributed by atoms with Gasteiger partial charge in [-0.1, -0.05) is 23.4 Å².